The molecule has 1 aliphatic carbocycles. The molecule has 0 saturated heterocycles. The molecule has 8 nitrogen and oxygen atoms in total. The van der Waals surface area contributed by atoms with Gasteiger partial charge in [-0.3, -0.25) is 0 Å². The Balaban J connectivity index is 1.61. The minimum Gasteiger partial charge on any atom is -0.480 e. The van der Waals surface area contributed by atoms with Gasteiger partial charge in [0.1, 0.15) is 5.52 Å². The van der Waals surface area contributed by atoms with Gasteiger partial charge >= 0.3 is 0 Å². The third-order valence-corrected chi connectivity index (χ3v) is 5.81. The minimum atomic E-state index is -0.232. The van der Waals surface area contributed by atoms with Crippen LogP contribution in [0.25, 0.3) is 28.2 Å². The maximum absolute atomic E-state index is 9.96. The van der Waals surface area contributed by atoms with Crippen LogP contribution in [0.3, 0.4) is 0 Å². The van der Waals surface area contributed by atoms with Crippen LogP contribution in [0.4, 0.5) is 0 Å². The van der Waals surface area contributed by atoms with Gasteiger partial charge in [-0.2, -0.15) is 10.1 Å². The van der Waals surface area contributed by atoms with Crippen molar-refractivity contribution in [3.8, 4) is 23.0 Å². The summed E-state index contributed by atoms with van der Waals surface area (Å²) >= 11 is 0. The Morgan fingerprint density at radius 3 is 2.70 bits per heavy atom. The van der Waals surface area contributed by atoms with Crippen LogP contribution in [-0.2, 0) is 0 Å². The molecule has 0 unspecified atom stereocenters. The average molecular weight is 404 g/mol. The van der Waals surface area contributed by atoms with Gasteiger partial charge in [-0.1, -0.05) is 0 Å². The molecule has 4 aromatic heterocycles. The first-order chi connectivity index (χ1) is 14.5. The van der Waals surface area contributed by atoms with Crippen LogP contribution in [0.15, 0.2) is 36.8 Å². The molecule has 2 atom stereocenters. The van der Waals surface area contributed by atoms with E-state index < -0.39 is 0 Å². The normalized spacial score (nSPS) is 18.9. The van der Waals surface area contributed by atoms with Gasteiger partial charge in [-0.15, -0.1) is 0 Å². The summed E-state index contributed by atoms with van der Waals surface area (Å²) in [5, 5.41) is 14.2. The maximum Gasteiger partial charge on any atom is 0.224 e. The molecule has 0 radical (unpaired) electrons. The molecular weight excluding hydrogens is 380 g/mol. The van der Waals surface area contributed by atoms with Crippen LogP contribution in [0, 0.1) is 13.8 Å². The standard InChI is InChI=1S/C22H24N6O2/c1-13-12-27(15-5-6-16(29)11-15)21-19(13)26-20(14(2)24-21)17-7-8-18(25-22(17)30-3)28-10-4-9-23-28/h4,7-10,12,15-16,29H,5-6,11H2,1-3H3/t15-,16+/m1/s1. The lowest BCUT2D eigenvalue weighted by molar-refractivity contribution is 0.178. The van der Waals surface area contributed by atoms with Gasteiger partial charge in [0.2, 0.25) is 5.88 Å². The SMILES string of the molecule is COc1nc(-n2cccn2)ccc1-c1nc2c(C)cn([C@@H]3CC[C@H](O)C3)c2nc1C. The maximum atomic E-state index is 9.96. The quantitative estimate of drug-likeness (QED) is 0.561. The van der Waals surface area contributed by atoms with Gasteiger partial charge in [0.05, 0.1) is 30.2 Å². The molecule has 8 heteroatoms. The van der Waals surface area contributed by atoms with Crippen molar-refractivity contribution in [3.63, 3.8) is 0 Å². The van der Waals surface area contributed by atoms with Gasteiger partial charge in [-0.05, 0) is 56.9 Å². The highest BCUT2D eigenvalue weighted by atomic mass is 16.5. The highest BCUT2D eigenvalue weighted by molar-refractivity contribution is 5.81. The van der Waals surface area contributed by atoms with Gasteiger partial charge in [0, 0.05) is 24.6 Å². The molecule has 1 saturated carbocycles. The summed E-state index contributed by atoms with van der Waals surface area (Å²) in [4.78, 5) is 14.5. The summed E-state index contributed by atoms with van der Waals surface area (Å²) in [6, 6.07) is 5.96. The summed E-state index contributed by atoms with van der Waals surface area (Å²) in [5.74, 6) is 1.16. The molecule has 1 N–H and O–H groups in total. The number of aliphatic hydroxyl groups excluding tert-OH is 1. The lowest BCUT2D eigenvalue weighted by Crippen LogP contribution is -2.08. The molecule has 0 bridgehead atoms. The van der Waals surface area contributed by atoms with Crippen LogP contribution >= 0.6 is 0 Å². The van der Waals surface area contributed by atoms with Gasteiger partial charge < -0.3 is 14.4 Å². The number of aromatic nitrogens is 6. The minimum absolute atomic E-state index is 0.232. The van der Waals surface area contributed by atoms with E-state index in [0.29, 0.717) is 11.7 Å². The predicted molar refractivity (Wildman–Crippen MR) is 113 cm³/mol. The number of fused-ring (bicyclic) bond motifs is 1. The van der Waals surface area contributed by atoms with Crippen LogP contribution < -0.4 is 4.74 Å². The summed E-state index contributed by atoms with van der Waals surface area (Å²) in [7, 11) is 1.60. The van der Waals surface area contributed by atoms with Crippen LogP contribution in [0.2, 0.25) is 0 Å². The van der Waals surface area contributed by atoms with E-state index in [1.165, 1.54) is 0 Å². The zero-order valence-corrected chi connectivity index (χ0v) is 17.3. The molecule has 0 aliphatic heterocycles. The van der Waals surface area contributed by atoms with Crippen molar-refractivity contribution in [2.75, 3.05) is 7.11 Å². The number of rotatable bonds is 4. The van der Waals surface area contributed by atoms with E-state index in [1.54, 1.807) is 18.0 Å². The van der Waals surface area contributed by atoms with E-state index in [1.807, 2.05) is 38.2 Å². The van der Waals surface area contributed by atoms with Crippen molar-refractivity contribution in [2.24, 2.45) is 0 Å². The van der Waals surface area contributed by atoms with Crippen LogP contribution in [-0.4, -0.2) is 47.6 Å². The third-order valence-electron chi connectivity index (χ3n) is 5.81. The highest BCUT2D eigenvalue weighted by Crippen LogP contribution is 2.36. The Hall–Kier alpha value is -3.26. The number of aliphatic hydroxyl groups is 1. The zero-order chi connectivity index (χ0) is 20.8. The smallest absolute Gasteiger partial charge is 0.224 e. The first kappa shape index (κ1) is 18.7. The topological polar surface area (TPSA) is 90.9 Å². The second kappa shape index (κ2) is 7.21. The molecular formula is C22H24N6O2. The van der Waals surface area contributed by atoms with E-state index in [9.17, 15) is 5.11 Å². The molecule has 1 aliphatic rings. The van der Waals surface area contributed by atoms with E-state index in [-0.39, 0.29) is 12.1 Å². The summed E-state index contributed by atoms with van der Waals surface area (Å²) < 4.78 is 9.45. The van der Waals surface area contributed by atoms with Crippen molar-refractivity contribution >= 4 is 11.2 Å². The molecule has 4 heterocycles. The molecule has 0 amide bonds. The molecule has 0 aromatic carbocycles. The Morgan fingerprint density at radius 1 is 1.13 bits per heavy atom. The Labute approximate surface area is 174 Å². The molecule has 0 spiro atoms. The molecule has 5 rings (SSSR count). The predicted octanol–water partition coefficient (Wildman–Crippen LogP) is 3.39. The first-order valence-corrected chi connectivity index (χ1v) is 10.1. The Bertz CT molecular complexity index is 1210. The fraction of sp³-hybridized carbons (Fsp3) is 0.364. The van der Waals surface area contributed by atoms with Gasteiger partial charge in [-0.25, -0.2) is 14.6 Å². The monoisotopic (exact) mass is 404 g/mol. The number of ether oxygens (including phenoxy) is 1. The Kier molecular flexibility index (Phi) is 4.51. The van der Waals surface area contributed by atoms with Crippen molar-refractivity contribution in [3.05, 3.63) is 48.0 Å². The number of nitrogens with zero attached hydrogens (tertiary/aromatic N) is 6. The summed E-state index contributed by atoms with van der Waals surface area (Å²) in [5.41, 5.74) is 5.17. The van der Waals surface area contributed by atoms with E-state index >= 15 is 0 Å². The van der Waals surface area contributed by atoms with Crippen LogP contribution in [0.5, 0.6) is 5.88 Å². The molecule has 4 aromatic rings. The average Bonchev–Trinajstić information content (AvgIpc) is 3.48. The lowest BCUT2D eigenvalue weighted by atomic mass is 10.1. The van der Waals surface area contributed by atoms with Crippen LogP contribution in [0.1, 0.15) is 36.6 Å². The first-order valence-electron chi connectivity index (χ1n) is 10.1. The number of hydrogen-bond donors (Lipinski definition) is 1. The van der Waals surface area contributed by atoms with Gasteiger partial charge in [0.15, 0.2) is 11.5 Å². The Morgan fingerprint density at radius 2 is 2.00 bits per heavy atom. The van der Waals surface area contributed by atoms with Gasteiger partial charge in [0.25, 0.3) is 0 Å². The van der Waals surface area contributed by atoms with E-state index in [4.69, 9.17) is 14.7 Å². The second-order valence-electron chi connectivity index (χ2n) is 7.85. The molecule has 30 heavy (non-hydrogen) atoms. The molecule has 1 fully saturated rings. The second-order valence-corrected chi connectivity index (χ2v) is 7.85. The number of pyridine rings is 1. The summed E-state index contributed by atoms with van der Waals surface area (Å²) in [6.45, 7) is 4.01. The zero-order valence-electron chi connectivity index (χ0n) is 17.3. The fourth-order valence-electron chi connectivity index (χ4n) is 4.30. The number of aryl methyl sites for hydroxylation is 2. The summed E-state index contributed by atoms with van der Waals surface area (Å²) in [6.07, 6.45) is 7.97. The number of methoxy groups -OCH3 is 1. The van der Waals surface area contributed by atoms with Crippen molar-refractivity contribution in [1.82, 2.24) is 29.3 Å². The van der Waals surface area contributed by atoms with E-state index in [0.717, 1.165) is 52.9 Å². The lowest BCUT2D eigenvalue weighted by Gasteiger charge is -2.14. The van der Waals surface area contributed by atoms with Crippen molar-refractivity contribution in [1.29, 1.82) is 0 Å². The highest BCUT2D eigenvalue weighted by Gasteiger charge is 2.27. The molecule has 154 valence electrons. The number of hydrogen-bond acceptors (Lipinski definition) is 6. The fourth-order valence-corrected chi connectivity index (χ4v) is 4.30. The third kappa shape index (κ3) is 3.04. The largest absolute Gasteiger partial charge is 0.480 e. The van der Waals surface area contributed by atoms with Crippen molar-refractivity contribution in [2.45, 2.75) is 45.3 Å². The van der Waals surface area contributed by atoms with E-state index in [2.05, 4.69) is 20.8 Å². The van der Waals surface area contributed by atoms with Crippen molar-refractivity contribution < 1.29 is 9.84 Å².